The average Bonchev–Trinajstić information content (AvgIpc) is 2.54. The van der Waals surface area contributed by atoms with Crippen molar-refractivity contribution in [2.24, 2.45) is 5.92 Å². The number of carboxylic acids is 1. The molecule has 1 aliphatic heterocycles. The summed E-state index contributed by atoms with van der Waals surface area (Å²) in [7, 11) is 1.64. The molecule has 1 unspecified atom stereocenters. The molecule has 6 nitrogen and oxygen atoms in total. The van der Waals surface area contributed by atoms with E-state index in [0.717, 1.165) is 16.4 Å². The molecule has 1 amide bonds. The first-order chi connectivity index (χ1) is 11.0. The van der Waals surface area contributed by atoms with Crippen LogP contribution in [0.2, 0.25) is 0 Å². The van der Waals surface area contributed by atoms with E-state index in [1.807, 2.05) is 18.2 Å². The monoisotopic (exact) mass is 339 g/mol. The van der Waals surface area contributed by atoms with Crippen LogP contribution in [0, 0.1) is 5.92 Å². The number of benzene rings is 1. The van der Waals surface area contributed by atoms with Gasteiger partial charge in [0.25, 0.3) is 0 Å². The van der Waals surface area contributed by atoms with E-state index in [1.165, 1.54) is 4.90 Å². The van der Waals surface area contributed by atoms with Gasteiger partial charge in [-0.05, 0) is 18.2 Å². The third-order valence-corrected chi connectivity index (χ3v) is 4.49. The molecular weight excluding hydrogens is 318 g/mol. The molecule has 0 fully saturated rings. The Bertz CT molecular complexity index is 578. The fraction of sp³-hybridized carbons (Fsp3) is 0.500. The Labute approximate surface area is 139 Å². The quantitative estimate of drug-likeness (QED) is 0.767. The van der Waals surface area contributed by atoms with Crippen molar-refractivity contribution in [1.82, 2.24) is 4.90 Å². The van der Waals surface area contributed by atoms with Gasteiger partial charge in [0.2, 0.25) is 5.91 Å². The number of amides is 1. The van der Waals surface area contributed by atoms with Crippen LogP contribution in [0.25, 0.3) is 0 Å². The van der Waals surface area contributed by atoms with Crippen molar-refractivity contribution in [3.05, 3.63) is 18.2 Å². The Morgan fingerprint density at radius 1 is 1.30 bits per heavy atom. The first-order valence-corrected chi connectivity index (χ1v) is 8.45. The molecule has 7 heteroatoms. The van der Waals surface area contributed by atoms with Gasteiger partial charge in [-0.1, -0.05) is 6.92 Å². The maximum atomic E-state index is 12.0. The van der Waals surface area contributed by atoms with Crippen LogP contribution in [0.3, 0.4) is 0 Å². The van der Waals surface area contributed by atoms with Crippen LogP contribution < -0.4 is 9.47 Å². The lowest BCUT2D eigenvalue weighted by Crippen LogP contribution is -2.33. The third kappa shape index (κ3) is 5.06. The van der Waals surface area contributed by atoms with Gasteiger partial charge >= 0.3 is 5.97 Å². The number of thioether (sulfide) groups is 1. The minimum Gasteiger partial charge on any atom is -0.486 e. The van der Waals surface area contributed by atoms with Gasteiger partial charge in [0, 0.05) is 30.7 Å². The van der Waals surface area contributed by atoms with E-state index in [4.69, 9.17) is 14.6 Å². The van der Waals surface area contributed by atoms with Crippen LogP contribution in [-0.2, 0) is 9.59 Å². The minimum absolute atomic E-state index is 0.0526. The smallest absolute Gasteiger partial charge is 0.308 e. The Balaban J connectivity index is 1.78. The maximum Gasteiger partial charge on any atom is 0.308 e. The molecule has 1 N–H and O–H groups in total. The van der Waals surface area contributed by atoms with Gasteiger partial charge in [-0.25, -0.2) is 0 Å². The van der Waals surface area contributed by atoms with Crippen molar-refractivity contribution in [3.8, 4) is 11.5 Å². The predicted octanol–water partition coefficient (Wildman–Crippen LogP) is 2.12. The summed E-state index contributed by atoms with van der Waals surface area (Å²) in [5.74, 6) is 0.608. The van der Waals surface area contributed by atoms with E-state index in [1.54, 1.807) is 25.7 Å². The molecule has 1 heterocycles. The van der Waals surface area contributed by atoms with Crippen LogP contribution in [0.5, 0.6) is 11.5 Å². The topological polar surface area (TPSA) is 76.1 Å². The van der Waals surface area contributed by atoms with Crippen LogP contribution in [0.1, 0.15) is 13.3 Å². The summed E-state index contributed by atoms with van der Waals surface area (Å²) < 4.78 is 11.0. The van der Waals surface area contributed by atoms with E-state index in [0.29, 0.717) is 25.4 Å². The van der Waals surface area contributed by atoms with Gasteiger partial charge in [-0.15, -0.1) is 11.8 Å². The zero-order valence-electron chi connectivity index (χ0n) is 13.3. The van der Waals surface area contributed by atoms with Crippen molar-refractivity contribution < 1.29 is 24.2 Å². The molecule has 0 aromatic heterocycles. The molecule has 0 aliphatic carbocycles. The molecule has 0 saturated heterocycles. The molecule has 0 bridgehead atoms. The highest BCUT2D eigenvalue weighted by Gasteiger charge is 2.17. The molecular formula is C16H21NO5S. The number of aliphatic carboxylic acids is 1. The Morgan fingerprint density at radius 3 is 2.70 bits per heavy atom. The number of ether oxygens (including phenoxy) is 2. The molecule has 0 saturated carbocycles. The average molecular weight is 339 g/mol. The Morgan fingerprint density at radius 2 is 2.00 bits per heavy atom. The summed E-state index contributed by atoms with van der Waals surface area (Å²) in [6.07, 6.45) is 0.363. The van der Waals surface area contributed by atoms with Gasteiger partial charge in [0.15, 0.2) is 11.5 Å². The van der Waals surface area contributed by atoms with E-state index >= 15 is 0 Å². The highest BCUT2D eigenvalue weighted by atomic mass is 32.2. The van der Waals surface area contributed by atoms with Crippen molar-refractivity contribution in [2.75, 3.05) is 32.6 Å². The van der Waals surface area contributed by atoms with Crippen molar-refractivity contribution in [3.63, 3.8) is 0 Å². The van der Waals surface area contributed by atoms with E-state index in [-0.39, 0.29) is 12.5 Å². The normalized spacial score (nSPS) is 14.2. The van der Waals surface area contributed by atoms with Crippen molar-refractivity contribution in [2.45, 2.75) is 18.2 Å². The SMILES string of the molecule is CC(CN(C)C(=O)CCSc1ccc2c(c1)OCCO2)C(=O)O. The Hall–Kier alpha value is -1.89. The maximum absolute atomic E-state index is 12.0. The molecule has 1 aromatic rings. The molecule has 1 aliphatic rings. The van der Waals surface area contributed by atoms with Crippen molar-refractivity contribution >= 4 is 23.6 Å². The number of carbonyl (C=O) groups excluding carboxylic acids is 1. The third-order valence-electron chi connectivity index (χ3n) is 3.49. The van der Waals surface area contributed by atoms with Gasteiger partial charge in [0.1, 0.15) is 13.2 Å². The first-order valence-electron chi connectivity index (χ1n) is 7.46. The zero-order chi connectivity index (χ0) is 16.8. The molecule has 1 atom stereocenters. The molecule has 1 aromatic carbocycles. The highest BCUT2D eigenvalue weighted by molar-refractivity contribution is 7.99. The molecule has 2 rings (SSSR count). The summed E-state index contributed by atoms with van der Waals surface area (Å²) in [5.41, 5.74) is 0. The summed E-state index contributed by atoms with van der Waals surface area (Å²) in [5, 5.41) is 8.87. The number of carbonyl (C=O) groups is 2. The number of rotatable bonds is 7. The van der Waals surface area contributed by atoms with Crippen LogP contribution in [-0.4, -0.2) is 54.4 Å². The van der Waals surface area contributed by atoms with E-state index in [2.05, 4.69) is 0 Å². The summed E-state index contributed by atoms with van der Waals surface area (Å²) in [6, 6.07) is 5.73. The number of fused-ring (bicyclic) bond motifs is 1. The van der Waals surface area contributed by atoms with Gasteiger partial charge in [-0.3, -0.25) is 9.59 Å². The minimum atomic E-state index is -0.893. The molecule has 23 heavy (non-hydrogen) atoms. The lowest BCUT2D eigenvalue weighted by Gasteiger charge is -2.20. The van der Waals surface area contributed by atoms with Crippen LogP contribution in [0.15, 0.2) is 23.1 Å². The zero-order valence-corrected chi connectivity index (χ0v) is 14.1. The summed E-state index contributed by atoms with van der Waals surface area (Å²) in [6.45, 7) is 2.93. The number of nitrogens with zero attached hydrogens (tertiary/aromatic N) is 1. The second kappa shape index (κ2) is 8.10. The van der Waals surface area contributed by atoms with Gasteiger partial charge in [0.05, 0.1) is 5.92 Å². The summed E-state index contributed by atoms with van der Waals surface area (Å²) in [4.78, 5) is 25.3. The van der Waals surface area contributed by atoms with Crippen LogP contribution in [0.4, 0.5) is 0 Å². The first kappa shape index (κ1) is 17.5. The van der Waals surface area contributed by atoms with E-state index in [9.17, 15) is 9.59 Å². The van der Waals surface area contributed by atoms with Crippen molar-refractivity contribution in [1.29, 1.82) is 0 Å². The van der Waals surface area contributed by atoms with Crippen LogP contribution >= 0.6 is 11.8 Å². The predicted molar refractivity (Wildman–Crippen MR) is 87.2 cm³/mol. The lowest BCUT2D eigenvalue weighted by molar-refractivity contribution is -0.142. The lowest BCUT2D eigenvalue weighted by atomic mass is 10.2. The molecule has 0 radical (unpaired) electrons. The second-order valence-electron chi connectivity index (χ2n) is 5.42. The molecule has 126 valence electrons. The number of carboxylic acid groups (broad SMARTS) is 1. The standard InChI is InChI=1S/C16H21NO5S/c1-11(16(19)20)10-17(2)15(18)5-8-23-12-3-4-13-14(9-12)22-7-6-21-13/h3-4,9,11H,5-8,10H2,1-2H3,(H,19,20). The fourth-order valence-corrected chi connectivity index (χ4v) is 3.02. The largest absolute Gasteiger partial charge is 0.486 e. The van der Waals surface area contributed by atoms with Gasteiger partial charge in [-0.2, -0.15) is 0 Å². The number of hydrogen-bond acceptors (Lipinski definition) is 5. The molecule has 0 spiro atoms. The highest BCUT2D eigenvalue weighted by Crippen LogP contribution is 2.34. The van der Waals surface area contributed by atoms with E-state index < -0.39 is 11.9 Å². The van der Waals surface area contributed by atoms with Gasteiger partial charge < -0.3 is 19.5 Å². The second-order valence-corrected chi connectivity index (χ2v) is 6.59. The number of hydrogen-bond donors (Lipinski definition) is 1. The summed E-state index contributed by atoms with van der Waals surface area (Å²) >= 11 is 1.56. The Kier molecular flexibility index (Phi) is 6.15. The fourth-order valence-electron chi connectivity index (χ4n) is 2.15.